The molecule has 1 aliphatic rings. The second-order valence-corrected chi connectivity index (χ2v) is 3.89. The van der Waals surface area contributed by atoms with Crippen LogP contribution in [-0.4, -0.2) is 18.0 Å². The molecule has 0 saturated carbocycles. The topological polar surface area (TPSA) is 55.1 Å². The third kappa shape index (κ3) is 3.50. The number of hydrogen-bond acceptors (Lipinski definition) is 2. The van der Waals surface area contributed by atoms with Gasteiger partial charge < -0.3 is 11.1 Å². The van der Waals surface area contributed by atoms with Gasteiger partial charge in [0.2, 0.25) is 5.91 Å². The van der Waals surface area contributed by atoms with Gasteiger partial charge in [-0.3, -0.25) is 4.79 Å². The van der Waals surface area contributed by atoms with E-state index in [1.807, 2.05) is 6.92 Å². The molecule has 3 nitrogen and oxygen atoms in total. The van der Waals surface area contributed by atoms with Crippen LogP contribution in [0.15, 0.2) is 12.2 Å². The highest BCUT2D eigenvalue weighted by Gasteiger charge is 2.17. The van der Waals surface area contributed by atoms with Gasteiger partial charge in [-0.25, -0.2) is 0 Å². The highest BCUT2D eigenvalue weighted by Crippen LogP contribution is 2.10. The van der Waals surface area contributed by atoms with Crippen molar-refractivity contribution in [3.8, 4) is 0 Å². The lowest BCUT2D eigenvalue weighted by Crippen LogP contribution is -2.45. The molecule has 0 saturated heterocycles. The fraction of sp³-hybridized carbons (Fsp3) is 0.727. The van der Waals surface area contributed by atoms with E-state index in [1.54, 1.807) is 0 Å². The van der Waals surface area contributed by atoms with Gasteiger partial charge in [-0.05, 0) is 25.7 Å². The molecule has 3 heteroatoms. The lowest BCUT2D eigenvalue weighted by atomic mass is 10.0. The molecule has 2 atom stereocenters. The van der Waals surface area contributed by atoms with Crippen LogP contribution in [0.1, 0.15) is 39.0 Å². The zero-order valence-electron chi connectivity index (χ0n) is 8.83. The highest BCUT2D eigenvalue weighted by atomic mass is 16.2. The molecule has 80 valence electrons. The first kappa shape index (κ1) is 11.2. The molecule has 0 radical (unpaired) electrons. The van der Waals surface area contributed by atoms with Crippen LogP contribution >= 0.6 is 0 Å². The average molecular weight is 196 g/mol. The van der Waals surface area contributed by atoms with Crippen LogP contribution in [0.3, 0.4) is 0 Å². The maximum atomic E-state index is 11.5. The van der Waals surface area contributed by atoms with Gasteiger partial charge in [0.25, 0.3) is 0 Å². The molecule has 3 N–H and O–H groups in total. The predicted molar refractivity (Wildman–Crippen MR) is 57.8 cm³/mol. The van der Waals surface area contributed by atoms with Crippen LogP contribution in [0.5, 0.6) is 0 Å². The fourth-order valence-corrected chi connectivity index (χ4v) is 1.68. The molecule has 0 aromatic rings. The largest absolute Gasteiger partial charge is 0.352 e. The van der Waals surface area contributed by atoms with Crippen molar-refractivity contribution in [3.63, 3.8) is 0 Å². The van der Waals surface area contributed by atoms with E-state index in [0.29, 0.717) is 6.04 Å². The van der Waals surface area contributed by atoms with Gasteiger partial charge >= 0.3 is 0 Å². The zero-order valence-corrected chi connectivity index (χ0v) is 8.83. The molecule has 0 aromatic heterocycles. The van der Waals surface area contributed by atoms with Gasteiger partial charge in [0.05, 0.1) is 6.04 Å². The summed E-state index contributed by atoms with van der Waals surface area (Å²) in [6, 6.07) is -0.0266. The van der Waals surface area contributed by atoms with E-state index in [9.17, 15) is 4.79 Å². The van der Waals surface area contributed by atoms with Crippen molar-refractivity contribution < 1.29 is 4.79 Å². The highest BCUT2D eigenvalue weighted by molar-refractivity contribution is 5.81. The lowest BCUT2D eigenvalue weighted by Gasteiger charge is -2.21. The van der Waals surface area contributed by atoms with E-state index in [1.165, 1.54) is 0 Å². The van der Waals surface area contributed by atoms with E-state index < -0.39 is 0 Å². The smallest absolute Gasteiger partial charge is 0.237 e. The number of nitrogens with two attached hydrogens (primary N) is 1. The van der Waals surface area contributed by atoms with Gasteiger partial charge in [0.1, 0.15) is 0 Å². The van der Waals surface area contributed by atoms with Gasteiger partial charge in [0, 0.05) is 6.04 Å². The summed E-state index contributed by atoms with van der Waals surface area (Å²) < 4.78 is 0. The molecule has 0 spiro atoms. The third-order valence-corrected chi connectivity index (χ3v) is 2.55. The van der Waals surface area contributed by atoms with Gasteiger partial charge in [0.15, 0.2) is 0 Å². The Morgan fingerprint density at radius 2 is 2.43 bits per heavy atom. The van der Waals surface area contributed by atoms with Crippen molar-refractivity contribution in [3.05, 3.63) is 12.2 Å². The van der Waals surface area contributed by atoms with Crippen molar-refractivity contribution in [1.29, 1.82) is 0 Å². The minimum absolute atomic E-state index is 0.00662. The Morgan fingerprint density at radius 3 is 3.00 bits per heavy atom. The Hall–Kier alpha value is -0.830. The molecule has 1 unspecified atom stereocenters. The number of hydrogen-bond donors (Lipinski definition) is 2. The van der Waals surface area contributed by atoms with Gasteiger partial charge in [-0.15, -0.1) is 0 Å². The maximum absolute atomic E-state index is 11.5. The van der Waals surface area contributed by atoms with Gasteiger partial charge in [-0.1, -0.05) is 25.5 Å². The fourth-order valence-electron chi connectivity index (χ4n) is 1.68. The quantitative estimate of drug-likeness (QED) is 0.667. The molecule has 0 bridgehead atoms. The first-order chi connectivity index (χ1) is 6.74. The van der Waals surface area contributed by atoms with E-state index in [4.69, 9.17) is 5.73 Å². The SMILES string of the molecule is CCC[C@H](N)C(=O)NC1CC=CCC1. The van der Waals surface area contributed by atoms with Crippen LogP contribution in [0.4, 0.5) is 0 Å². The van der Waals surface area contributed by atoms with Crippen molar-refractivity contribution in [1.82, 2.24) is 5.32 Å². The molecule has 1 aliphatic carbocycles. The summed E-state index contributed by atoms with van der Waals surface area (Å²) in [6.07, 6.45) is 9.07. The second-order valence-electron chi connectivity index (χ2n) is 3.89. The molecule has 1 amide bonds. The van der Waals surface area contributed by atoms with Crippen molar-refractivity contribution in [2.24, 2.45) is 5.73 Å². The summed E-state index contributed by atoms with van der Waals surface area (Å²) in [5.41, 5.74) is 5.71. The molecule has 1 rings (SSSR count). The summed E-state index contributed by atoms with van der Waals surface area (Å²) in [7, 11) is 0. The molecule has 0 aromatic carbocycles. The van der Waals surface area contributed by atoms with Crippen molar-refractivity contribution in [2.45, 2.75) is 51.1 Å². The van der Waals surface area contributed by atoms with Crippen LogP contribution in [0.2, 0.25) is 0 Å². The third-order valence-electron chi connectivity index (χ3n) is 2.55. The molecular formula is C11H20N2O. The van der Waals surface area contributed by atoms with Crippen molar-refractivity contribution in [2.75, 3.05) is 0 Å². The summed E-state index contributed by atoms with van der Waals surface area (Å²) in [4.78, 5) is 11.5. The normalized spacial score (nSPS) is 23.1. The molecule has 0 aliphatic heterocycles. The Labute approximate surface area is 85.7 Å². The van der Waals surface area contributed by atoms with E-state index in [-0.39, 0.29) is 11.9 Å². The summed E-state index contributed by atoms with van der Waals surface area (Å²) in [5.74, 6) is 0.00662. The van der Waals surface area contributed by atoms with Crippen LogP contribution in [0, 0.1) is 0 Å². The average Bonchev–Trinajstić information content (AvgIpc) is 2.19. The number of carbonyl (C=O) groups is 1. The molecule has 14 heavy (non-hydrogen) atoms. The van der Waals surface area contributed by atoms with E-state index in [0.717, 1.165) is 32.1 Å². The first-order valence-corrected chi connectivity index (χ1v) is 5.45. The molecule has 0 fully saturated rings. The standard InChI is InChI=1S/C11H20N2O/c1-2-6-10(12)11(14)13-9-7-4-3-5-8-9/h3-4,9-10H,2,5-8,12H2,1H3,(H,13,14)/t9?,10-/m0/s1. The molecule has 0 heterocycles. The second kappa shape index (κ2) is 5.81. The zero-order chi connectivity index (χ0) is 10.4. The number of allylic oxidation sites excluding steroid dienone is 1. The van der Waals surface area contributed by atoms with E-state index >= 15 is 0 Å². The Morgan fingerprint density at radius 1 is 1.64 bits per heavy atom. The number of rotatable bonds is 4. The Balaban J connectivity index is 2.28. The van der Waals surface area contributed by atoms with Gasteiger partial charge in [-0.2, -0.15) is 0 Å². The number of amides is 1. The first-order valence-electron chi connectivity index (χ1n) is 5.45. The maximum Gasteiger partial charge on any atom is 0.237 e. The predicted octanol–water partition coefficient (Wildman–Crippen LogP) is 1.34. The van der Waals surface area contributed by atoms with Crippen LogP contribution < -0.4 is 11.1 Å². The molecular weight excluding hydrogens is 176 g/mol. The summed E-state index contributed by atoms with van der Waals surface area (Å²) >= 11 is 0. The van der Waals surface area contributed by atoms with Crippen LogP contribution in [-0.2, 0) is 4.79 Å². The minimum atomic E-state index is -0.328. The Bertz CT molecular complexity index is 213. The summed E-state index contributed by atoms with van der Waals surface area (Å²) in [5, 5.41) is 2.99. The number of carbonyl (C=O) groups excluding carboxylic acids is 1. The van der Waals surface area contributed by atoms with Crippen LogP contribution in [0.25, 0.3) is 0 Å². The number of nitrogens with one attached hydrogen (secondary N) is 1. The summed E-state index contributed by atoms with van der Waals surface area (Å²) in [6.45, 7) is 2.04. The Kier molecular flexibility index (Phi) is 4.66. The lowest BCUT2D eigenvalue weighted by molar-refractivity contribution is -0.123. The monoisotopic (exact) mass is 196 g/mol. The van der Waals surface area contributed by atoms with Crippen molar-refractivity contribution >= 4 is 5.91 Å². The minimum Gasteiger partial charge on any atom is -0.352 e. The van der Waals surface area contributed by atoms with E-state index in [2.05, 4.69) is 17.5 Å².